The SMILES string of the molecule is C#CCSc1nc2c(c(=O)n1-c1cccc(C)c1)C1(CCCCC1)Cc1ccccc1-2. The third-order valence-corrected chi connectivity index (χ3v) is 7.58. The van der Waals surface area contributed by atoms with Crippen LogP contribution in [0.15, 0.2) is 58.5 Å². The van der Waals surface area contributed by atoms with E-state index >= 15 is 0 Å². The number of hydrogen-bond donors (Lipinski definition) is 0. The van der Waals surface area contributed by atoms with E-state index in [0.29, 0.717) is 10.9 Å². The van der Waals surface area contributed by atoms with Crippen LogP contribution in [-0.2, 0) is 11.8 Å². The highest BCUT2D eigenvalue weighted by molar-refractivity contribution is 7.99. The normalized spacial score (nSPS) is 16.4. The average Bonchev–Trinajstić information content (AvgIpc) is 2.78. The third-order valence-electron chi connectivity index (χ3n) is 6.74. The van der Waals surface area contributed by atoms with Crippen LogP contribution in [-0.4, -0.2) is 15.3 Å². The van der Waals surface area contributed by atoms with Gasteiger partial charge in [-0.3, -0.25) is 9.36 Å². The summed E-state index contributed by atoms with van der Waals surface area (Å²) in [5, 5.41) is 0.676. The Morgan fingerprint density at radius 1 is 1.13 bits per heavy atom. The molecule has 3 nitrogen and oxygen atoms in total. The average molecular weight is 427 g/mol. The molecule has 1 saturated carbocycles. The number of rotatable bonds is 3. The first kappa shape index (κ1) is 20.2. The molecule has 3 aromatic rings. The molecule has 0 N–H and O–H groups in total. The summed E-state index contributed by atoms with van der Waals surface area (Å²) in [6.07, 6.45) is 12.2. The molecule has 0 saturated heterocycles. The molecule has 1 heterocycles. The van der Waals surface area contributed by atoms with E-state index in [0.717, 1.165) is 47.3 Å². The Hall–Kier alpha value is -2.77. The quantitative estimate of drug-likeness (QED) is 0.306. The minimum atomic E-state index is -0.118. The Morgan fingerprint density at radius 2 is 1.94 bits per heavy atom. The van der Waals surface area contributed by atoms with Crippen molar-refractivity contribution in [2.75, 3.05) is 5.75 Å². The highest BCUT2D eigenvalue weighted by Crippen LogP contribution is 2.49. The number of nitrogens with zero attached hydrogens (tertiary/aromatic N) is 2. The maximum Gasteiger partial charge on any atom is 0.263 e. The molecule has 0 unspecified atom stereocenters. The van der Waals surface area contributed by atoms with Gasteiger partial charge < -0.3 is 0 Å². The predicted molar refractivity (Wildman–Crippen MR) is 128 cm³/mol. The van der Waals surface area contributed by atoms with Crippen LogP contribution in [0.2, 0.25) is 0 Å². The molecule has 1 spiro atoms. The van der Waals surface area contributed by atoms with Gasteiger partial charge in [0.1, 0.15) is 0 Å². The fourth-order valence-corrected chi connectivity index (χ4v) is 6.07. The summed E-state index contributed by atoms with van der Waals surface area (Å²) in [7, 11) is 0. The number of hydrogen-bond acceptors (Lipinski definition) is 3. The summed E-state index contributed by atoms with van der Waals surface area (Å²) in [6, 6.07) is 16.6. The monoisotopic (exact) mass is 426 g/mol. The van der Waals surface area contributed by atoms with Crippen molar-refractivity contribution < 1.29 is 0 Å². The number of fused-ring (bicyclic) bond motifs is 4. The molecule has 1 aromatic heterocycles. The lowest BCUT2D eigenvalue weighted by Crippen LogP contribution is -2.42. The number of thioether (sulfide) groups is 1. The van der Waals surface area contributed by atoms with Gasteiger partial charge in [-0.1, -0.05) is 73.3 Å². The number of terminal acetylenes is 1. The van der Waals surface area contributed by atoms with Crippen molar-refractivity contribution in [2.24, 2.45) is 0 Å². The second-order valence-electron chi connectivity index (χ2n) is 8.77. The number of aromatic nitrogens is 2. The van der Waals surface area contributed by atoms with Gasteiger partial charge in [-0.25, -0.2) is 4.98 Å². The van der Waals surface area contributed by atoms with Crippen LogP contribution in [0.3, 0.4) is 0 Å². The van der Waals surface area contributed by atoms with Crippen molar-refractivity contribution in [3.63, 3.8) is 0 Å². The Bertz CT molecular complexity index is 1240. The molecular formula is C27H26N2OS. The van der Waals surface area contributed by atoms with Gasteiger partial charge in [0.15, 0.2) is 5.16 Å². The standard InChI is InChI=1S/C27H26N2OS/c1-3-16-31-26-28-24-22-13-6-5-11-20(22)18-27(14-7-4-8-15-27)23(24)25(30)29(26)21-12-9-10-19(2)17-21/h1,5-6,9-13,17H,4,7-8,14-16,18H2,2H3. The van der Waals surface area contributed by atoms with Gasteiger partial charge in [0.2, 0.25) is 0 Å². The van der Waals surface area contributed by atoms with Crippen LogP contribution < -0.4 is 5.56 Å². The van der Waals surface area contributed by atoms with Crippen LogP contribution in [0, 0.1) is 19.3 Å². The van der Waals surface area contributed by atoms with Crippen molar-refractivity contribution in [1.82, 2.24) is 9.55 Å². The van der Waals surface area contributed by atoms with E-state index in [-0.39, 0.29) is 11.0 Å². The second kappa shape index (κ2) is 8.05. The van der Waals surface area contributed by atoms with Gasteiger partial charge in [0.25, 0.3) is 5.56 Å². The van der Waals surface area contributed by atoms with Crippen molar-refractivity contribution in [3.05, 3.63) is 75.6 Å². The first-order chi connectivity index (χ1) is 15.1. The van der Waals surface area contributed by atoms with Gasteiger partial charge in [-0.15, -0.1) is 6.42 Å². The summed E-state index contributed by atoms with van der Waals surface area (Å²) in [6.45, 7) is 2.05. The molecule has 4 heteroatoms. The van der Waals surface area contributed by atoms with Crippen LogP contribution in [0.4, 0.5) is 0 Å². The summed E-state index contributed by atoms with van der Waals surface area (Å²) in [4.78, 5) is 19.4. The van der Waals surface area contributed by atoms with E-state index in [2.05, 4.69) is 30.2 Å². The molecule has 2 aliphatic rings. The second-order valence-corrected chi connectivity index (χ2v) is 9.71. The maximum absolute atomic E-state index is 14.3. The highest BCUT2D eigenvalue weighted by Gasteiger charge is 2.43. The first-order valence-electron chi connectivity index (χ1n) is 11.0. The van der Waals surface area contributed by atoms with Crippen molar-refractivity contribution in [1.29, 1.82) is 0 Å². The van der Waals surface area contributed by atoms with E-state index in [1.165, 1.54) is 36.6 Å². The molecule has 0 aliphatic heterocycles. The predicted octanol–water partition coefficient (Wildman–Crippen LogP) is 5.69. The van der Waals surface area contributed by atoms with E-state index in [1.807, 2.05) is 31.2 Å². The molecule has 2 aromatic carbocycles. The summed E-state index contributed by atoms with van der Waals surface area (Å²) in [5.74, 6) is 3.17. The van der Waals surface area contributed by atoms with Crippen molar-refractivity contribution in [2.45, 2.75) is 56.0 Å². The zero-order chi connectivity index (χ0) is 21.4. The van der Waals surface area contributed by atoms with E-state index in [9.17, 15) is 4.79 Å². The largest absolute Gasteiger partial charge is 0.268 e. The fraction of sp³-hybridized carbons (Fsp3) is 0.333. The molecule has 0 radical (unpaired) electrons. The lowest BCUT2D eigenvalue weighted by Gasteiger charge is -2.42. The molecule has 0 amide bonds. The molecule has 31 heavy (non-hydrogen) atoms. The van der Waals surface area contributed by atoms with E-state index < -0.39 is 0 Å². The van der Waals surface area contributed by atoms with Gasteiger partial charge in [-0.05, 0) is 49.4 Å². The molecule has 0 bridgehead atoms. The van der Waals surface area contributed by atoms with Crippen molar-refractivity contribution >= 4 is 11.8 Å². The Morgan fingerprint density at radius 3 is 2.71 bits per heavy atom. The fourth-order valence-electron chi connectivity index (χ4n) is 5.39. The highest BCUT2D eigenvalue weighted by atomic mass is 32.2. The minimum absolute atomic E-state index is 0.0755. The molecule has 0 atom stereocenters. The lowest BCUT2D eigenvalue weighted by atomic mass is 9.62. The van der Waals surface area contributed by atoms with Gasteiger partial charge in [-0.2, -0.15) is 0 Å². The molecule has 5 rings (SSSR count). The van der Waals surface area contributed by atoms with Gasteiger partial charge in [0.05, 0.1) is 22.7 Å². The van der Waals surface area contributed by atoms with Gasteiger partial charge >= 0.3 is 0 Å². The smallest absolute Gasteiger partial charge is 0.263 e. The molecule has 156 valence electrons. The Kier molecular flexibility index (Phi) is 5.24. The third kappa shape index (κ3) is 3.42. The summed E-state index contributed by atoms with van der Waals surface area (Å²) in [5.41, 5.74) is 6.14. The molecule has 2 aliphatic carbocycles. The van der Waals surface area contributed by atoms with Gasteiger partial charge in [0, 0.05) is 11.0 Å². The summed E-state index contributed by atoms with van der Waals surface area (Å²) >= 11 is 1.46. The lowest BCUT2D eigenvalue weighted by molar-refractivity contribution is 0.283. The number of aryl methyl sites for hydroxylation is 1. The van der Waals surface area contributed by atoms with Crippen LogP contribution in [0.1, 0.15) is 48.8 Å². The van der Waals surface area contributed by atoms with Crippen LogP contribution >= 0.6 is 11.8 Å². The van der Waals surface area contributed by atoms with E-state index in [4.69, 9.17) is 11.4 Å². The number of benzene rings is 2. The van der Waals surface area contributed by atoms with Crippen LogP contribution in [0.25, 0.3) is 16.9 Å². The molecular weight excluding hydrogens is 400 g/mol. The zero-order valence-corrected chi connectivity index (χ0v) is 18.7. The summed E-state index contributed by atoms with van der Waals surface area (Å²) < 4.78 is 1.80. The maximum atomic E-state index is 14.3. The first-order valence-corrected chi connectivity index (χ1v) is 12.0. The minimum Gasteiger partial charge on any atom is -0.268 e. The van der Waals surface area contributed by atoms with E-state index in [1.54, 1.807) is 4.57 Å². The Balaban J connectivity index is 1.84. The molecule has 1 fully saturated rings. The topological polar surface area (TPSA) is 34.9 Å². The zero-order valence-electron chi connectivity index (χ0n) is 17.9. The Labute approximate surface area is 187 Å². The van der Waals surface area contributed by atoms with Crippen molar-refractivity contribution in [3.8, 4) is 29.3 Å². The van der Waals surface area contributed by atoms with Crippen LogP contribution in [0.5, 0.6) is 0 Å².